The van der Waals surface area contributed by atoms with Crippen molar-refractivity contribution in [3.8, 4) is 0 Å². The molecule has 0 unspecified atom stereocenters. The van der Waals surface area contributed by atoms with E-state index in [0.717, 1.165) is 55.3 Å². The van der Waals surface area contributed by atoms with Gasteiger partial charge in [-0.2, -0.15) is 0 Å². The fourth-order valence-electron chi connectivity index (χ4n) is 3.02. The molecular weight excluding hydrogens is 261 g/mol. The first-order chi connectivity index (χ1) is 10.3. The summed E-state index contributed by atoms with van der Waals surface area (Å²) < 4.78 is 0. The van der Waals surface area contributed by atoms with Crippen molar-refractivity contribution in [1.29, 1.82) is 0 Å². The first-order valence-electron chi connectivity index (χ1n) is 7.34. The Morgan fingerprint density at radius 2 is 2.14 bits per heavy atom. The number of carbonyl (C=O) groups excluding carboxylic acids is 1. The fraction of sp³-hybridized carbons (Fsp3) is 0.375. The molecule has 1 saturated heterocycles. The van der Waals surface area contributed by atoms with E-state index in [4.69, 9.17) is 7.85 Å². The van der Waals surface area contributed by atoms with Crippen LogP contribution in [-0.2, 0) is 4.79 Å². The number of amides is 1. The van der Waals surface area contributed by atoms with Crippen molar-refractivity contribution in [3.63, 3.8) is 0 Å². The number of fused-ring (bicyclic) bond motifs is 1. The second kappa shape index (κ2) is 6.16. The van der Waals surface area contributed by atoms with Crippen LogP contribution in [0, 0.1) is 5.92 Å². The Kier molecular flexibility index (Phi) is 4.09. The second-order valence-corrected chi connectivity index (χ2v) is 5.56. The van der Waals surface area contributed by atoms with E-state index < -0.39 is 0 Å². The summed E-state index contributed by atoms with van der Waals surface area (Å²) in [4.78, 5) is 17.2. The lowest BCUT2D eigenvalue weighted by Crippen LogP contribution is -2.37. The molecule has 106 valence electrons. The number of piperidine rings is 1. The zero-order valence-corrected chi connectivity index (χ0v) is 12.0. The van der Waals surface area contributed by atoms with Crippen LogP contribution in [0.4, 0.5) is 5.69 Å². The quantitative estimate of drug-likeness (QED) is 0.670. The molecule has 1 aliphatic rings. The van der Waals surface area contributed by atoms with Crippen molar-refractivity contribution in [2.75, 3.05) is 24.5 Å². The van der Waals surface area contributed by atoms with E-state index >= 15 is 0 Å². The van der Waals surface area contributed by atoms with Gasteiger partial charge in [-0.25, -0.2) is 0 Å². The highest BCUT2D eigenvalue weighted by molar-refractivity contribution is 6.33. The molecule has 1 fully saturated rings. The normalized spacial score (nSPS) is 16.1. The summed E-state index contributed by atoms with van der Waals surface area (Å²) >= 11 is 0. The first kappa shape index (κ1) is 13.9. The molecule has 4 nitrogen and oxygen atoms in total. The predicted molar refractivity (Wildman–Crippen MR) is 86.1 cm³/mol. The third-order valence-electron chi connectivity index (χ3n) is 4.19. The zero-order valence-electron chi connectivity index (χ0n) is 12.0. The Morgan fingerprint density at radius 3 is 2.90 bits per heavy atom. The van der Waals surface area contributed by atoms with Gasteiger partial charge in [-0.1, -0.05) is 17.6 Å². The highest BCUT2D eigenvalue weighted by Gasteiger charge is 2.20. The van der Waals surface area contributed by atoms with Gasteiger partial charge in [0.05, 0.1) is 5.52 Å². The van der Waals surface area contributed by atoms with Crippen LogP contribution in [0.1, 0.15) is 12.8 Å². The second-order valence-electron chi connectivity index (χ2n) is 5.56. The minimum Gasteiger partial charge on any atom is -0.371 e. The van der Waals surface area contributed by atoms with E-state index in [0.29, 0.717) is 5.92 Å². The van der Waals surface area contributed by atoms with Crippen molar-refractivity contribution in [1.82, 2.24) is 10.3 Å². The van der Waals surface area contributed by atoms with Gasteiger partial charge in [-0.05, 0) is 30.9 Å². The average Bonchev–Trinajstić information content (AvgIpc) is 2.53. The van der Waals surface area contributed by atoms with Crippen LogP contribution in [0.5, 0.6) is 0 Å². The van der Waals surface area contributed by atoms with Gasteiger partial charge in [0.1, 0.15) is 7.85 Å². The Labute approximate surface area is 126 Å². The fourth-order valence-corrected chi connectivity index (χ4v) is 3.02. The van der Waals surface area contributed by atoms with Gasteiger partial charge >= 0.3 is 0 Å². The van der Waals surface area contributed by atoms with Gasteiger partial charge < -0.3 is 10.2 Å². The third-order valence-corrected chi connectivity index (χ3v) is 4.19. The SMILES string of the molecule is [B]c1ccc2nccc(N3CCC(CNC=O)CC3)c2c1. The van der Waals surface area contributed by atoms with Gasteiger partial charge in [-0.3, -0.25) is 9.78 Å². The van der Waals surface area contributed by atoms with Gasteiger partial charge in [0.15, 0.2) is 0 Å². The van der Waals surface area contributed by atoms with Crippen molar-refractivity contribution < 1.29 is 4.79 Å². The lowest BCUT2D eigenvalue weighted by Gasteiger charge is -2.34. The number of nitrogens with zero attached hydrogens (tertiary/aromatic N) is 2. The summed E-state index contributed by atoms with van der Waals surface area (Å²) in [7, 11) is 5.91. The van der Waals surface area contributed by atoms with E-state index in [1.165, 1.54) is 5.69 Å². The van der Waals surface area contributed by atoms with Crippen molar-refractivity contribution in [2.45, 2.75) is 12.8 Å². The highest BCUT2D eigenvalue weighted by atomic mass is 16.1. The molecule has 5 heteroatoms. The van der Waals surface area contributed by atoms with Crippen LogP contribution < -0.4 is 15.7 Å². The van der Waals surface area contributed by atoms with E-state index in [9.17, 15) is 4.79 Å². The number of pyridine rings is 1. The lowest BCUT2D eigenvalue weighted by atomic mass is 9.93. The predicted octanol–water partition coefficient (Wildman–Crippen LogP) is 0.991. The maximum atomic E-state index is 10.4. The molecule has 0 spiro atoms. The van der Waals surface area contributed by atoms with Crippen molar-refractivity contribution in [3.05, 3.63) is 30.5 Å². The Hall–Kier alpha value is -2.04. The van der Waals surface area contributed by atoms with Crippen LogP contribution >= 0.6 is 0 Å². The molecule has 0 aliphatic carbocycles. The number of carbonyl (C=O) groups is 1. The van der Waals surface area contributed by atoms with Crippen molar-refractivity contribution in [2.24, 2.45) is 5.92 Å². The first-order valence-corrected chi connectivity index (χ1v) is 7.34. The molecule has 2 heterocycles. The molecule has 0 saturated carbocycles. The molecule has 1 aromatic heterocycles. The van der Waals surface area contributed by atoms with Crippen LogP contribution in [-0.4, -0.2) is 38.9 Å². The van der Waals surface area contributed by atoms with Gasteiger partial charge in [0, 0.05) is 36.9 Å². The Balaban J connectivity index is 1.79. The standard InChI is InChI=1S/C16H18BN3O/c17-13-1-2-15-14(9-13)16(3-6-19-15)20-7-4-12(5-8-20)10-18-11-21/h1-3,6,9,11-12H,4-5,7-8,10H2,(H,18,21). The molecule has 1 aliphatic heterocycles. The van der Waals surface area contributed by atoms with E-state index in [1.807, 2.05) is 24.4 Å². The Bertz CT molecular complexity index is 638. The van der Waals surface area contributed by atoms with E-state index in [2.05, 4.69) is 21.3 Å². The number of hydrogen-bond acceptors (Lipinski definition) is 3. The summed E-state index contributed by atoms with van der Waals surface area (Å²) in [5.74, 6) is 0.574. The lowest BCUT2D eigenvalue weighted by molar-refractivity contribution is -0.109. The topological polar surface area (TPSA) is 45.2 Å². The molecule has 2 radical (unpaired) electrons. The summed E-state index contributed by atoms with van der Waals surface area (Å²) in [6.45, 7) is 2.78. The van der Waals surface area contributed by atoms with Gasteiger partial charge in [-0.15, -0.1) is 0 Å². The number of rotatable bonds is 4. The van der Waals surface area contributed by atoms with Gasteiger partial charge in [0.2, 0.25) is 6.41 Å². The van der Waals surface area contributed by atoms with Crippen LogP contribution in [0.3, 0.4) is 0 Å². The molecule has 0 bridgehead atoms. The molecule has 2 aromatic rings. The van der Waals surface area contributed by atoms with Crippen LogP contribution in [0.15, 0.2) is 30.5 Å². The summed E-state index contributed by atoms with van der Waals surface area (Å²) in [5.41, 5.74) is 2.95. The number of nitrogens with one attached hydrogen (secondary N) is 1. The summed E-state index contributed by atoms with van der Waals surface area (Å²) in [6, 6.07) is 7.91. The molecule has 1 aromatic carbocycles. The minimum atomic E-state index is 0.574. The third kappa shape index (κ3) is 3.02. The molecule has 1 amide bonds. The largest absolute Gasteiger partial charge is 0.371 e. The molecule has 1 N–H and O–H groups in total. The number of aromatic nitrogens is 1. The average molecular weight is 279 g/mol. The maximum absolute atomic E-state index is 10.4. The van der Waals surface area contributed by atoms with Crippen molar-refractivity contribution >= 4 is 36.3 Å². The van der Waals surface area contributed by atoms with Gasteiger partial charge in [0.25, 0.3) is 0 Å². The Morgan fingerprint density at radius 1 is 1.33 bits per heavy atom. The monoisotopic (exact) mass is 279 g/mol. The summed E-state index contributed by atoms with van der Waals surface area (Å²) in [5, 5.41) is 3.90. The van der Waals surface area contributed by atoms with E-state index in [-0.39, 0.29) is 0 Å². The molecule has 21 heavy (non-hydrogen) atoms. The van der Waals surface area contributed by atoms with Crippen LogP contribution in [0.2, 0.25) is 0 Å². The molecular formula is C16H18BN3O. The van der Waals surface area contributed by atoms with E-state index in [1.54, 1.807) is 0 Å². The number of hydrogen-bond donors (Lipinski definition) is 1. The van der Waals surface area contributed by atoms with Crippen LogP contribution in [0.25, 0.3) is 10.9 Å². The zero-order chi connectivity index (χ0) is 14.7. The number of anilines is 1. The molecule has 3 rings (SSSR count). The summed E-state index contributed by atoms with van der Waals surface area (Å²) in [6.07, 6.45) is 4.82. The highest BCUT2D eigenvalue weighted by Crippen LogP contribution is 2.28. The smallest absolute Gasteiger partial charge is 0.207 e. The maximum Gasteiger partial charge on any atom is 0.207 e. The molecule has 0 atom stereocenters. The number of benzene rings is 1. The minimum absolute atomic E-state index is 0.574.